The zero-order valence-electron chi connectivity index (χ0n) is 16.7. The summed E-state index contributed by atoms with van der Waals surface area (Å²) >= 11 is 0. The van der Waals surface area contributed by atoms with E-state index in [0.717, 1.165) is 36.9 Å². The minimum atomic E-state index is -0.0936. The molecule has 0 atom stereocenters. The van der Waals surface area contributed by atoms with Crippen LogP contribution in [0.25, 0.3) is 16.9 Å². The zero-order chi connectivity index (χ0) is 20.2. The lowest BCUT2D eigenvalue weighted by Gasteiger charge is -2.12. The molecule has 1 aliphatic carbocycles. The molecule has 1 aromatic heterocycles. The lowest BCUT2D eigenvalue weighted by Crippen LogP contribution is -2.32. The second-order valence-corrected chi connectivity index (χ2v) is 7.20. The Bertz CT molecular complexity index is 992. The van der Waals surface area contributed by atoms with Crippen molar-refractivity contribution in [1.82, 2.24) is 15.1 Å². The summed E-state index contributed by atoms with van der Waals surface area (Å²) in [5.74, 6) is 1.14. The number of amides is 1. The molecule has 2 aromatic carbocycles. The number of para-hydroxylation sites is 1. The summed E-state index contributed by atoms with van der Waals surface area (Å²) in [4.78, 5) is 13.1. The van der Waals surface area contributed by atoms with Crippen LogP contribution in [0.15, 0.2) is 54.7 Å². The summed E-state index contributed by atoms with van der Waals surface area (Å²) in [7, 11) is 3.19. The van der Waals surface area contributed by atoms with Crippen molar-refractivity contribution >= 4 is 5.91 Å². The quantitative estimate of drug-likeness (QED) is 0.683. The summed E-state index contributed by atoms with van der Waals surface area (Å²) in [6.07, 6.45) is 6.19. The van der Waals surface area contributed by atoms with Gasteiger partial charge in [-0.2, -0.15) is 5.10 Å². The van der Waals surface area contributed by atoms with E-state index in [1.807, 2.05) is 48.5 Å². The van der Waals surface area contributed by atoms with Crippen LogP contribution in [0.2, 0.25) is 0 Å². The molecular weight excluding hydrogens is 366 g/mol. The van der Waals surface area contributed by atoms with Crippen LogP contribution in [0.3, 0.4) is 0 Å². The number of nitrogens with one attached hydrogen (secondary N) is 1. The van der Waals surface area contributed by atoms with Crippen molar-refractivity contribution < 1.29 is 14.3 Å². The lowest BCUT2D eigenvalue weighted by atomic mass is 10.1. The monoisotopic (exact) mass is 391 g/mol. The van der Waals surface area contributed by atoms with Crippen LogP contribution >= 0.6 is 0 Å². The molecule has 0 aliphatic heterocycles. The fourth-order valence-corrected chi connectivity index (χ4v) is 3.78. The fraction of sp³-hybridized carbons (Fsp3) is 0.304. The Morgan fingerprint density at radius 3 is 2.45 bits per heavy atom. The molecule has 1 heterocycles. The van der Waals surface area contributed by atoms with Gasteiger partial charge in [-0.3, -0.25) is 4.79 Å². The van der Waals surface area contributed by atoms with Crippen molar-refractivity contribution in [3.63, 3.8) is 0 Å². The van der Waals surface area contributed by atoms with Crippen LogP contribution < -0.4 is 14.8 Å². The highest BCUT2D eigenvalue weighted by Gasteiger charge is 2.23. The van der Waals surface area contributed by atoms with Gasteiger partial charge in [-0.25, -0.2) is 4.68 Å². The molecule has 6 nitrogen and oxygen atoms in total. The van der Waals surface area contributed by atoms with E-state index in [1.165, 1.54) is 0 Å². The Morgan fingerprint density at radius 2 is 1.76 bits per heavy atom. The van der Waals surface area contributed by atoms with Gasteiger partial charge in [0.05, 0.1) is 25.5 Å². The van der Waals surface area contributed by atoms with Gasteiger partial charge in [0.2, 0.25) is 0 Å². The van der Waals surface area contributed by atoms with Gasteiger partial charge >= 0.3 is 0 Å². The van der Waals surface area contributed by atoms with Gasteiger partial charge in [-0.1, -0.05) is 31.0 Å². The Balaban J connectivity index is 1.76. The first-order valence-corrected chi connectivity index (χ1v) is 9.88. The topological polar surface area (TPSA) is 65.4 Å². The van der Waals surface area contributed by atoms with Crippen LogP contribution in [0.4, 0.5) is 0 Å². The smallest absolute Gasteiger partial charge is 0.255 e. The van der Waals surface area contributed by atoms with Gasteiger partial charge in [0.15, 0.2) is 11.5 Å². The normalized spacial score (nSPS) is 14.0. The number of rotatable bonds is 6. The third kappa shape index (κ3) is 3.97. The third-order valence-electron chi connectivity index (χ3n) is 5.33. The minimum Gasteiger partial charge on any atom is -0.493 e. The molecule has 29 heavy (non-hydrogen) atoms. The van der Waals surface area contributed by atoms with E-state index >= 15 is 0 Å². The average Bonchev–Trinajstić information content (AvgIpc) is 3.44. The molecule has 0 spiro atoms. The fourth-order valence-electron chi connectivity index (χ4n) is 3.78. The molecule has 4 rings (SSSR count). The van der Waals surface area contributed by atoms with E-state index in [1.54, 1.807) is 25.1 Å². The summed E-state index contributed by atoms with van der Waals surface area (Å²) in [5, 5.41) is 7.91. The van der Waals surface area contributed by atoms with Crippen LogP contribution in [0, 0.1) is 0 Å². The number of carbonyl (C=O) groups is 1. The second-order valence-electron chi connectivity index (χ2n) is 7.20. The van der Waals surface area contributed by atoms with E-state index in [9.17, 15) is 4.79 Å². The Hall–Kier alpha value is -3.28. The van der Waals surface area contributed by atoms with Crippen molar-refractivity contribution in [3.8, 4) is 28.4 Å². The van der Waals surface area contributed by atoms with Gasteiger partial charge < -0.3 is 14.8 Å². The molecule has 6 heteroatoms. The maximum absolute atomic E-state index is 13.1. The average molecular weight is 391 g/mol. The Morgan fingerprint density at radius 1 is 1.03 bits per heavy atom. The number of carbonyl (C=O) groups excluding carboxylic acids is 1. The van der Waals surface area contributed by atoms with E-state index in [-0.39, 0.29) is 11.9 Å². The van der Waals surface area contributed by atoms with Crippen LogP contribution in [0.5, 0.6) is 11.5 Å². The van der Waals surface area contributed by atoms with Crippen molar-refractivity contribution in [3.05, 3.63) is 60.3 Å². The third-order valence-corrected chi connectivity index (χ3v) is 5.33. The molecule has 0 bridgehead atoms. The summed E-state index contributed by atoms with van der Waals surface area (Å²) in [6, 6.07) is 15.6. The van der Waals surface area contributed by atoms with E-state index in [0.29, 0.717) is 22.8 Å². The molecule has 3 aromatic rings. The Labute approximate surface area is 170 Å². The molecule has 1 amide bonds. The highest BCUT2D eigenvalue weighted by atomic mass is 16.5. The molecular formula is C23H25N3O3. The standard InChI is InChI=1S/C23H25N3O3/c1-28-20-13-12-16(14-21(20)29-2)22-19(23(27)24-17-8-6-7-9-17)15-26(25-22)18-10-4-3-5-11-18/h3-5,10-15,17H,6-9H2,1-2H3,(H,24,27). The molecule has 1 aliphatic rings. The first-order valence-electron chi connectivity index (χ1n) is 9.88. The van der Waals surface area contributed by atoms with Gasteiger partial charge in [0.1, 0.15) is 5.69 Å². The first-order chi connectivity index (χ1) is 14.2. The highest BCUT2D eigenvalue weighted by Crippen LogP contribution is 2.33. The highest BCUT2D eigenvalue weighted by molar-refractivity contribution is 6.00. The number of hydrogen-bond acceptors (Lipinski definition) is 4. The van der Waals surface area contributed by atoms with Gasteiger partial charge in [0, 0.05) is 17.8 Å². The number of nitrogens with zero attached hydrogens (tertiary/aromatic N) is 2. The molecule has 1 fully saturated rings. The summed E-state index contributed by atoms with van der Waals surface area (Å²) in [5.41, 5.74) is 2.86. The number of hydrogen-bond donors (Lipinski definition) is 1. The predicted octanol–water partition coefficient (Wildman–Crippen LogP) is 4.23. The van der Waals surface area contributed by atoms with Crippen molar-refractivity contribution in [1.29, 1.82) is 0 Å². The number of methoxy groups -OCH3 is 2. The molecule has 1 saturated carbocycles. The minimum absolute atomic E-state index is 0.0936. The molecule has 0 unspecified atom stereocenters. The van der Waals surface area contributed by atoms with Crippen molar-refractivity contribution in [2.24, 2.45) is 0 Å². The molecule has 1 N–H and O–H groups in total. The number of benzene rings is 2. The van der Waals surface area contributed by atoms with E-state index < -0.39 is 0 Å². The SMILES string of the molecule is COc1ccc(-c2nn(-c3ccccc3)cc2C(=O)NC2CCCC2)cc1OC. The van der Waals surface area contributed by atoms with E-state index in [2.05, 4.69) is 5.32 Å². The summed E-state index contributed by atoms with van der Waals surface area (Å²) < 4.78 is 12.5. The van der Waals surface area contributed by atoms with Crippen molar-refractivity contribution in [2.45, 2.75) is 31.7 Å². The van der Waals surface area contributed by atoms with Crippen LogP contribution in [0.1, 0.15) is 36.0 Å². The van der Waals surface area contributed by atoms with E-state index in [4.69, 9.17) is 14.6 Å². The zero-order valence-corrected chi connectivity index (χ0v) is 16.7. The molecule has 0 saturated heterocycles. The Kier molecular flexibility index (Phi) is 5.51. The van der Waals surface area contributed by atoms with Crippen molar-refractivity contribution in [2.75, 3.05) is 14.2 Å². The van der Waals surface area contributed by atoms with Crippen LogP contribution in [-0.4, -0.2) is 35.9 Å². The van der Waals surface area contributed by atoms with Crippen LogP contribution in [-0.2, 0) is 0 Å². The molecule has 0 radical (unpaired) electrons. The first kappa shape index (κ1) is 19.1. The lowest BCUT2D eigenvalue weighted by molar-refractivity contribution is 0.0938. The van der Waals surface area contributed by atoms with Gasteiger partial charge in [-0.05, 0) is 43.2 Å². The summed E-state index contributed by atoms with van der Waals surface area (Å²) in [6.45, 7) is 0. The largest absolute Gasteiger partial charge is 0.493 e. The molecule has 150 valence electrons. The maximum Gasteiger partial charge on any atom is 0.255 e. The van der Waals surface area contributed by atoms with Gasteiger partial charge in [0.25, 0.3) is 5.91 Å². The number of ether oxygens (including phenoxy) is 2. The second kappa shape index (κ2) is 8.39. The van der Waals surface area contributed by atoms with Gasteiger partial charge in [-0.15, -0.1) is 0 Å². The maximum atomic E-state index is 13.1. The number of aromatic nitrogens is 2. The predicted molar refractivity (Wildman–Crippen MR) is 112 cm³/mol.